The van der Waals surface area contributed by atoms with Crippen molar-refractivity contribution < 1.29 is 13.2 Å². The third-order valence-corrected chi connectivity index (χ3v) is 8.85. The molecule has 8 heteroatoms. The number of carbonyl (C=O) groups excluding carboxylic acids is 1. The molecule has 0 N–H and O–H groups in total. The molecule has 4 rings (SSSR count). The Morgan fingerprint density at radius 2 is 1.83 bits per heavy atom. The first-order chi connectivity index (χ1) is 13.9. The third-order valence-electron chi connectivity index (χ3n) is 6.00. The largest absolute Gasteiger partial charge is 0.342 e. The normalized spacial score (nSPS) is 22.0. The lowest BCUT2D eigenvalue weighted by Crippen LogP contribution is -2.46. The van der Waals surface area contributed by atoms with Crippen LogP contribution in [-0.2, 0) is 14.8 Å². The zero-order valence-corrected chi connectivity index (χ0v) is 18.3. The Hall–Kier alpha value is -1.77. The second-order valence-corrected chi connectivity index (χ2v) is 10.8. The molecule has 2 fully saturated rings. The molecule has 0 radical (unpaired) electrons. The monoisotopic (exact) mass is 433 g/mol. The first-order valence-electron chi connectivity index (χ1n) is 10.2. The van der Waals surface area contributed by atoms with Gasteiger partial charge in [0.2, 0.25) is 15.9 Å². The molecule has 1 aromatic heterocycles. The van der Waals surface area contributed by atoms with Crippen molar-refractivity contribution in [2.75, 3.05) is 26.2 Å². The SMILES string of the molecule is Cc1ccc(S(=O)(=O)N2CCC(C(=O)N3CCCC(c4nccs4)C3)CC2)cc1. The fourth-order valence-corrected chi connectivity index (χ4v) is 6.51. The minimum absolute atomic E-state index is 0.0884. The standard InChI is InChI=1S/C21H27N3O3S2/c1-16-4-6-19(7-5-16)29(26,27)24-12-8-17(9-13-24)21(25)23-11-2-3-18(15-23)20-22-10-14-28-20/h4-7,10,14,17-18H,2-3,8-9,11-13,15H2,1H3. The van der Waals surface area contributed by atoms with E-state index in [9.17, 15) is 13.2 Å². The van der Waals surface area contributed by atoms with Gasteiger partial charge in [-0.2, -0.15) is 4.31 Å². The summed E-state index contributed by atoms with van der Waals surface area (Å²) in [6.07, 6.45) is 5.07. The Morgan fingerprint density at radius 1 is 1.10 bits per heavy atom. The third kappa shape index (κ3) is 4.39. The zero-order valence-electron chi connectivity index (χ0n) is 16.7. The van der Waals surface area contributed by atoms with Gasteiger partial charge in [0, 0.05) is 49.6 Å². The predicted octanol–water partition coefficient (Wildman–Crippen LogP) is 3.26. The van der Waals surface area contributed by atoms with Gasteiger partial charge in [0.15, 0.2) is 0 Å². The Kier molecular flexibility index (Phi) is 6.03. The summed E-state index contributed by atoms with van der Waals surface area (Å²) in [5.41, 5.74) is 1.03. The molecule has 1 amide bonds. The minimum Gasteiger partial charge on any atom is -0.342 e. The number of likely N-dealkylation sites (tertiary alicyclic amines) is 1. The van der Waals surface area contributed by atoms with Crippen LogP contribution in [0.2, 0.25) is 0 Å². The van der Waals surface area contributed by atoms with Crippen LogP contribution in [0.25, 0.3) is 0 Å². The minimum atomic E-state index is -3.49. The lowest BCUT2D eigenvalue weighted by Gasteiger charge is -2.37. The molecule has 6 nitrogen and oxygen atoms in total. The Bertz CT molecular complexity index is 934. The highest BCUT2D eigenvalue weighted by Gasteiger charge is 2.35. The van der Waals surface area contributed by atoms with Crippen LogP contribution in [0.15, 0.2) is 40.7 Å². The number of nitrogens with zero attached hydrogens (tertiary/aromatic N) is 3. The van der Waals surface area contributed by atoms with E-state index in [2.05, 4.69) is 4.98 Å². The van der Waals surface area contributed by atoms with Crippen molar-refractivity contribution in [2.24, 2.45) is 5.92 Å². The molecule has 2 saturated heterocycles. The summed E-state index contributed by atoms with van der Waals surface area (Å²) in [6, 6.07) is 6.96. The number of aromatic nitrogens is 1. The van der Waals surface area contributed by atoms with Crippen LogP contribution in [0.5, 0.6) is 0 Å². The molecular formula is C21H27N3O3S2. The van der Waals surface area contributed by atoms with Crippen LogP contribution >= 0.6 is 11.3 Å². The average molecular weight is 434 g/mol. The molecular weight excluding hydrogens is 406 g/mol. The second kappa shape index (κ2) is 8.53. The second-order valence-electron chi connectivity index (χ2n) is 7.99. The van der Waals surface area contributed by atoms with Crippen LogP contribution in [0.1, 0.15) is 42.2 Å². The van der Waals surface area contributed by atoms with Gasteiger partial charge in [-0.1, -0.05) is 17.7 Å². The predicted molar refractivity (Wildman–Crippen MR) is 113 cm³/mol. The Morgan fingerprint density at radius 3 is 2.48 bits per heavy atom. The quantitative estimate of drug-likeness (QED) is 0.742. The number of hydrogen-bond acceptors (Lipinski definition) is 5. The zero-order chi connectivity index (χ0) is 20.4. The number of amides is 1. The summed E-state index contributed by atoms with van der Waals surface area (Å²) in [6.45, 7) is 4.26. The van der Waals surface area contributed by atoms with Crippen LogP contribution in [0.3, 0.4) is 0 Å². The molecule has 0 bridgehead atoms. The van der Waals surface area contributed by atoms with Gasteiger partial charge in [-0.15, -0.1) is 11.3 Å². The number of thiazole rings is 1. The van der Waals surface area contributed by atoms with Gasteiger partial charge >= 0.3 is 0 Å². The molecule has 29 heavy (non-hydrogen) atoms. The van der Waals surface area contributed by atoms with E-state index in [1.807, 2.05) is 35.5 Å². The molecule has 1 atom stereocenters. The maximum absolute atomic E-state index is 13.1. The molecule has 0 spiro atoms. The van der Waals surface area contributed by atoms with E-state index in [1.54, 1.807) is 23.5 Å². The molecule has 156 valence electrons. The van der Waals surface area contributed by atoms with E-state index < -0.39 is 10.0 Å². The van der Waals surface area contributed by atoms with Crippen molar-refractivity contribution in [3.63, 3.8) is 0 Å². The van der Waals surface area contributed by atoms with Crippen LogP contribution < -0.4 is 0 Å². The van der Waals surface area contributed by atoms with Gasteiger partial charge in [0.05, 0.1) is 9.90 Å². The molecule has 1 aromatic carbocycles. The van der Waals surface area contributed by atoms with Gasteiger partial charge < -0.3 is 4.90 Å². The van der Waals surface area contributed by atoms with Gasteiger partial charge in [-0.25, -0.2) is 13.4 Å². The van der Waals surface area contributed by atoms with Crippen molar-refractivity contribution in [1.29, 1.82) is 0 Å². The summed E-state index contributed by atoms with van der Waals surface area (Å²) in [7, 11) is -3.49. The summed E-state index contributed by atoms with van der Waals surface area (Å²) < 4.78 is 27.3. The smallest absolute Gasteiger partial charge is 0.243 e. The van der Waals surface area contributed by atoms with Crippen LogP contribution in [0, 0.1) is 12.8 Å². The number of rotatable bonds is 4. The van der Waals surface area contributed by atoms with Crippen molar-refractivity contribution >= 4 is 27.3 Å². The fraction of sp³-hybridized carbons (Fsp3) is 0.524. The summed E-state index contributed by atoms with van der Waals surface area (Å²) in [5.74, 6) is 0.419. The number of benzene rings is 1. The molecule has 3 heterocycles. The molecule has 2 aliphatic rings. The molecule has 1 unspecified atom stereocenters. The van der Waals surface area contributed by atoms with Gasteiger partial charge in [0.1, 0.15) is 0 Å². The summed E-state index contributed by atoms with van der Waals surface area (Å²) in [4.78, 5) is 19.8. The first kappa shape index (κ1) is 20.5. The van der Waals surface area contributed by atoms with Crippen molar-refractivity contribution in [1.82, 2.24) is 14.2 Å². The van der Waals surface area contributed by atoms with Crippen molar-refractivity contribution in [2.45, 2.75) is 43.4 Å². The molecule has 2 aliphatic heterocycles. The summed E-state index contributed by atoms with van der Waals surface area (Å²) in [5, 5.41) is 3.10. The van der Waals surface area contributed by atoms with Gasteiger partial charge in [-0.3, -0.25) is 4.79 Å². The van der Waals surface area contributed by atoms with Gasteiger partial charge in [0.25, 0.3) is 0 Å². The number of carbonyl (C=O) groups is 1. The van der Waals surface area contributed by atoms with Crippen LogP contribution in [0.4, 0.5) is 0 Å². The highest BCUT2D eigenvalue weighted by molar-refractivity contribution is 7.89. The van der Waals surface area contributed by atoms with Crippen molar-refractivity contribution in [3.05, 3.63) is 46.4 Å². The maximum atomic E-state index is 13.1. The van der Waals surface area contributed by atoms with E-state index in [0.29, 0.717) is 36.7 Å². The lowest BCUT2D eigenvalue weighted by atomic mass is 9.93. The first-order valence-corrected chi connectivity index (χ1v) is 12.5. The van der Waals surface area contributed by atoms with Crippen LogP contribution in [-0.4, -0.2) is 54.7 Å². The van der Waals surface area contributed by atoms with E-state index in [0.717, 1.165) is 36.5 Å². The average Bonchev–Trinajstić information content (AvgIpc) is 3.29. The van der Waals surface area contributed by atoms with E-state index >= 15 is 0 Å². The van der Waals surface area contributed by atoms with E-state index in [4.69, 9.17) is 0 Å². The summed E-state index contributed by atoms with van der Waals surface area (Å²) >= 11 is 1.66. The van der Waals surface area contributed by atoms with E-state index in [-0.39, 0.29) is 11.8 Å². The van der Waals surface area contributed by atoms with Crippen molar-refractivity contribution in [3.8, 4) is 0 Å². The lowest BCUT2D eigenvalue weighted by molar-refractivity contribution is -0.138. The molecule has 0 aliphatic carbocycles. The number of hydrogen-bond donors (Lipinski definition) is 0. The number of sulfonamides is 1. The van der Waals surface area contributed by atoms with E-state index in [1.165, 1.54) is 4.31 Å². The fourth-order valence-electron chi connectivity index (χ4n) is 4.28. The highest BCUT2D eigenvalue weighted by atomic mass is 32.2. The Labute approximate surface area is 176 Å². The topological polar surface area (TPSA) is 70.6 Å². The number of aryl methyl sites for hydroxylation is 1. The van der Waals surface area contributed by atoms with Gasteiger partial charge in [-0.05, 0) is 44.7 Å². The number of piperidine rings is 2. The molecule has 2 aromatic rings. The Balaban J connectivity index is 1.36. The molecule has 0 saturated carbocycles. The highest BCUT2D eigenvalue weighted by Crippen LogP contribution is 2.31. The maximum Gasteiger partial charge on any atom is 0.243 e.